The van der Waals surface area contributed by atoms with Crippen LogP contribution in [0.1, 0.15) is 12.8 Å². The third-order valence-electron chi connectivity index (χ3n) is 0.766. The molecular weight excluding hydrogens is 140 g/mol. The maximum absolute atomic E-state index is 10.3. The van der Waals surface area contributed by atoms with E-state index in [2.05, 4.69) is 11.7 Å². The molecule has 53 valence electrons. The number of ether oxygens (including phenoxy) is 1. The van der Waals surface area contributed by atoms with Gasteiger partial charge in [-0.25, -0.2) is 0 Å². The number of unbranched alkanes of at least 4 members (excludes halogenated alkanes) is 1. The van der Waals surface area contributed by atoms with E-state index in [1.807, 2.05) is 0 Å². The Hall–Kier alpha value is -0.240. The summed E-state index contributed by atoms with van der Waals surface area (Å²) in [5.41, 5.74) is 0. The largest absolute Gasteiger partial charge is 0.465 e. The van der Waals surface area contributed by atoms with E-state index >= 15 is 0 Å². The molecule has 0 N–H and O–H groups in total. The smallest absolute Gasteiger partial charge is 0.320 e. The van der Waals surface area contributed by atoms with E-state index < -0.39 is 0 Å². The second-order valence-corrected chi connectivity index (χ2v) is 1.83. The highest BCUT2D eigenvalue weighted by Gasteiger charge is 1.96. The molecule has 2 nitrogen and oxygen atoms in total. The van der Waals surface area contributed by atoms with Crippen LogP contribution in [0.25, 0.3) is 0 Å². The van der Waals surface area contributed by atoms with Gasteiger partial charge in [-0.15, -0.1) is 11.6 Å². The van der Waals surface area contributed by atoms with Crippen molar-refractivity contribution in [2.45, 2.75) is 12.8 Å². The molecule has 0 aliphatic rings. The van der Waals surface area contributed by atoms with Gasteiger partial charge in [-0.1, -0.05) is 13.3 Å². The Morgan fingerprint density at radius 1 is 1.67 bits per heavy atom. The quantitative estimate of drug-likeness (QED) is 0.343. The van der Waals surface area contributed by atoms with Crippen LogP contribution < -0.4 is 0 Å². The van der Waals surface area contributed by atoms with Gasteiger partial charge in [0, 0.05) is 0 Å². The van der Waals surface area contributed by atoms with Gasteiger partial charge < -0.3 is 4.74 Å². The molecule has 0 amide bonds. The molecule has 0 bridgehead atoms. The molecule has 0 aliphatic heterocycles. The molecule has 0 saturated carbocycles. The number of carbonyl (C=O) groups excluding carboxylic acids is 1. The molecule has 0 atom stereocenters. The van der Waals surface area contributed by atoms with Crippen LogP contribution in [0.3, 0.4) is 0 Å². The monoisotopic (exact) mass is 149 g/mol. The van der Waals surface area contributed by atoms with Crippen LogP contribution in [0.4, 0.5) is 0 Å². The highest BCUT2D eigenvalue weighted by atomic mass is 35.5. The predicted molar refractivity (Wildman–Crippen MR) is 36.3 cm³/mol. The molecule has 0 rings (SSSR count). The Labute approximate surface area is 60.1 Å². The van der Waals surface area contributed by atoms with E-state index in [0.29, 0.717) is 6.61 Å². The third kappa shape index (κ3) is 5.63. The van der Waals surface area contributed by atoms with Crippen molar-refractivity contribution in [1.82, 2.24) is 0 Å². The van der Waals surface area contributed by atoms with Crippen LogP contribution in [0, 0.1) is 6.92 Å². The predicted octanol–water partition coefficient (Wildman–Crippen LogP) is 1.38. The standard InChI is InChI=1S/C6H10ClO2/c1-2-3-4-9-6(8)5-7/h1-5H2. The fourth-order valence-corrected chi connectivity index (χ4v) is 0.404. The van der Waals surface area contributed by atoms with Gasteiger partial charge in [0.25, 0.3) is 0 Å². The Morgan fingerprint density at radius 2 is 2.33 bits per heavy atom. The van der Waals surface area contributed by atoms with Crippen molar-refractivity contribution in [3.63, 3.8) is 0 Å². The van der Waals surface area contributed by atoms with Crippen molar-refractivity contribution in [2.75, 3.05) is 12.5 Å². The molecular formula is C6H10ClO2. The maximum atomic E-state index is 10.3. The van der Waals surface area contributed by atoms with E-state index in [4.69, 9.17) is 11.6 Å². The molecule has 1 radical (unpaired) electrons. The van der Waals surface area contributed by atoms with E-state index in [0.717, 1.165) is 12.8 Å². The van der Waals surface area contributed by atoms with Crippen LogP contribution in [0.2, 0.25) is 0 Å². The molecule has 9 heavy (non-hydrogen) atoms. The van der Waals surface area contributed by atoms with Gasteiger partial charge in [0.1, 0.15) is 5.88 Å². The Bertz CT molecular complexity index is 83.1. The normalized spacial score (nSPS) is 9.11. The van der Waals surface area contributed by atoms with E-state index in [9.17, 15) is 4.79 Å². The van der Waals surface area contributed by atoms with Gasteiger partial charge in [0.05, 0.1) is 6.61 Å². The molecule has 0 unspecified atom stereocenters. The van der Waals surface area contributed by atoms with Gasteiger partial charge in [-0.3, -0.25) is 4.79 Å². The minimum absolute atomic E-state index is 0.0584. The van der Waals surface area contributed by atoms with E-state index in [1.165, 1.54) is 0 Å². The van der Waals surface area contributed by atoms with Crippen molar-refractivity contribution in [1.29, 1.82) is 0 Å². The first-order valence-electron chi connectivity index (χ1n) is 2.82. The summed E-state index contributed by atoms with van der Waals surface area (Å²) in [5, 5.41) is 0. The molecule has 0 aromatic rings. The summed E-state index contributed by atoms with van der Waals surface area (Å²) in [6.45, 7) is 4.02. The average Bonchev–Trinajstić information content (AvgIpc) is 1.89. The molecule has 3 heteroatoms. The van der Waals surface area contributed by atoms with Crippen molar-refractivity contribution in [3.8, 4) is 0 Å². The van der Waals surface area contributed by atoms with Gasteiger partial charge in [-0.05, 0) is 6.42 Å². The summed E-state index contributed by atoms with van der Waals surface area (Å²) >= 11 is 5.14. The fourth-order valence-electron chi connectivity index (χ4n) is 0.327. The van der Waals surface area contributed by atoms with Gasteiger partial charge >= 0.3 is 5.97 Å². The van der Waals surface area contributed by atoms with Crippen molar-refractivity contribution in [3.05, 3.63) is 6.92 Å². The summed E-state index contributed by atoms with van der Waals surface area (Å²) in [7, 11) is 0. The topological polar surface area (TPSA) is 26.3 Å². The lowest BCUT2D eigenvalue weighted by Gasteiger charge is -1.98. The summed E-state index contributed by atoms with van der Waals surface area (Å²) in [5.74, 6) is -0.415. The van der Waals surface area contributed by atoms with E-state index in [-0.39, 0.29) is 11.8 Å². The zero-order valence-corrected chi connectivity index (χ0v) is 5.99. The van der Waals surface area contributed by atoms with Crippen molar-refractivity contribution in [2.24, 2.45) is 0 Å². The van der Waals surface area contributed by atoms with Crippen LogP contribution in [-0.4, -0.2) is 18.5 Å². The summed E-state index contributed by atoms with van der Waals surface area (Å²) in [4.78, 5) is 10.3. The highest BCUT2D eigenvalue weighted by molar-refractivity contribution is 6.26. The first kappa shape index (κ1) is 8.76. The lowest BCUT2D eigenvalue weighted by Crippen LogP contribution is -2.06. The number of alkyl halides is 1. The number of hydrogen-bond donors (Lipinski definition) is 0. The Balaban J connectivity index is 2.97. The SMILES string of the molecule is [CH2]CCCOC(=O)CCl. The average molecular weight is 150 g/mol. The summed E-state index contributed by atoms with van der Waals surface area (Å²) in [6.07, 6.45) is 1.60. The molecule has 0 fully saturated rings. The van der Waals surface area contributed by atoms with Crippen LogP contribution in [0.15, 0.2) is 0 Å². The molecule has 0 saturated heterocycles. The number of hydrogen-bond acceptors (Lipinski definition) is 2. The van der Waals surface area contributed by atoms with Crippen LogP contribution >= 0.6 is 11.6 Å². The lowest BCUT2D eigenvalue weighted by molar-refractivity contribution is -0.140. The molecule has 0 spiro atoms. The number of esters is 1. The third-order valence-corrected chi connectivity index (χ3v) is 0.985. The fraction of sp³-hybridized carbons (Fsp3) is 0.667. The molecule has 0 heterocycles. The Kier molecular flexibility index (Phi) is 5.73. The highest BCUT2D eigenvalue weighted by Crippen LogP contribution is 1.88. The molecule has 0 aromatic heterocycles. The summed E-state index contributed by atoms with van der Waals surface area (Å²) < 4.78 is 4.62. The minimum Gasteiger partial charge on any atom is -0.465 e. The Morgan fingerprint density at radius 3 is 2.78 bits per heavy atom. The summed E-state index contributed by atoms with van der Waals surface area (Å²) in [6, 6.07) is 0. The molecule has 0 aromatic carbocycles. The van der Waals surface area contributed by atoms with Crippen LogP contribution in [-0.2, 0) is 9.53 Å². The zero-order valence-electron chi connectivity index (χ0n) is 5.23. The second-order valence-electron chi connectivity index (χ2n) is 1.56. The first-order valence-corrected chi connectivity index (χ1v) is 3.35. The minimum atomic E-state index is -0.356. The number of halogens is 1. The van der Waals surface area contributed by atoms with Gasteiger partial charge in [-0.2, -0.15) is 0 Å². The van der Waals surface area contributed by atoms with Crippen molar-refractivity contribution >= 4 is 17.6 Å². The second kappa shape index (κ2) is 5.89. The lowest BCUT2D eigenvalue weighted by atomic mass is 10.4. The van der Waals surface area contributed by atoms with Crippen LogP contribution in [0.5, 0.6) is 0 Å². The first-order chi connectivity index (χ1) is 4.31. The molecule has 0 aliphatic carbocycles. The van der Waals surface area contributed by atoms with Crippen molar-refractivity contribution < 1.29 is 9.53 Å². The number of carbonyl (C=O) groups is 1. The van der Waals surface area contributed by atoms with Gasteiger partial charge in [0.2, 0.25) is 0 Å². The maximum Gasteiger partial charge on any atom is 0.320 e. The number of rotatable bonds is 4. The van der Waals surface area contributed by atoms with Gasteiger partial charge in [0.15, 0.2) is 0 Å². The zero-order chi connectivity index (χ0) is 7.11. The van der Waals surface area contributed by atoms with E-state index in [1.54, 1.807) is 0 Å².